The van der Waals surface area contributed by atoms with Crippen molar-refractivity contribution in [3.8, 4) is 28.3 Å². The fraction of sp³-hybridized carbons (Fsp3) is 0. The van der Waals surface area contributed by atoms with Crippen molar-refractivity contribution in [2.75, 3.05) is 0 Å². The lowest BCUT2D eigenvalue weighted by Crippen LogP contribution is -1.84. The standard InChI is InChI=1S/C23H14BrN/c24-23-21-4-2-1-3-19(21)13-14-22(23)20-11-9-18(10-12-20)17-7-5-16(15-25)6-8-17/h1-14H. The van der Waals surface area contributed by atoms with Gasteiger partial charge < -0.3 is 0 Å². The second-order valence-electron chi connectivity index (χ2n) is 5.91. The van der Waals surface area contributed by atoms with E-state index >= 15 is 0 Å². The van der Waals surface area contributed by atoms with Crippen molar-refractivity contribution < 1.29 is 0 Å². The van der Waals surface area contributed by atoms with E-state index in [9.17, 15) is 0 Å². The molecule has 0 bridgehead atoms. The lowest BCUT2D eigenvalue weighted by atomic mass is 9.98. The Morgan fingerprint density at radius 1 is 0.640 bits per heavy atom. The van der Waals surface area contributed by atoms with E-state index in [-0.39, 0.29) is 0 Å². The first-order valence-corrected chi connectivity index (χ1v) is 8.84. The van der Waals surface area contributed by atoms with Crippen LogP contribution in [0.5, 0.6) is 0 Å². The molecule has 0 aliphatic heterocycles. The largest absolute Gasteiger partial charge is 0.192 e. The van der Waals surface area contributed by atoms with Gasteiger partial charge in [-0.1, -0.05) is 72.8 Å². The Balaban J connectivity index is 1.73. The van der Waals surface area contributed by atoms with E-state index in [1.54, 1.807) is 0 Å². The Morgan fingerprint density at radius 3 is 1.92 bits per heavy atom. The van der Waals surface area contributed by atoms with Crippen LogP contribution in [0.15, 0.2) is 89.4 Å². The molecule has 2 heteroatoms. The number of fused-ring (bicyclic) bond motifs is 1. The van der Waals surface area contributed by atoms with Crippen LogP contribution in [0.1, 0.15) is 5.56 Å². The number of hydrogen-bond donors (Lipinski definition) is 0. The topological polar surface area (TPSA) is 23.8 Å². The molecule has 0 aromatic heterocycles. The van der Waals surface area contributed by atoms with E-state index < -0.39 is 0 Å². The van der Waals surface area contributed by atoms with Gasteiger partial charge in [0.25, 0.3) is 0 Å². The zero-order valence-electron chi connectivity index (χ0n) is 13.4. The predicted octanol–water partition coefficient (Wildman–Crippen LogP) is 6.81. The van der Waals surface area contributed by atoms with Crippen LogP contribution >= 0.6 is 15.9 Å². The summed E-state index contributed by atoms with van der Waals surface area (Å²) in [5.74, 6) is 0. The molecule has 4 aromatic carbocycles. The smallest absolute Gasteiger partial charge is 0.0991 e. The normalized spacial score (nSPS) is 10.6. The van der Waals surface area contributed by atoms with Crippen LogP contribution in [-0.2, 0) is 0 Å². The SMILES string of the molecule is N#Cc1ccc(-c2ccc(-c3ccc4ccccc4c3Br)cc2)cc1. The van der Waals surface area contributed by atoms with E-state index in [1.807, 2.05) is 24.3 Å². The highest BCUT2D eigenvalue weighted by Crippen LogP contribution is 2.35. The summed E-state index contributed by atoms with van der Waals surface area (Å²) in [6.07, 6.45) is 0. The lowest BCUT2D eigenvalue weighted by Gasteiger charge is -2.09. The summed E-state index contributed by atoms with van der Waals surface area (Å²) in [5.41, 5.74) is 5.30. The maximum atomic E-state index is 8.91. The Bertz CT molecular complexity index is 1090. The molecule has 0 amide bonds. The van der Waals surface area contributed by atoms with Crippen LogP contribution in [0.25, 0.3) is 33.0 Å². The van der Waals surface area contributed by atoms with Gasteiger partial charge in [0.1, 0.15) is 0 Å². The second kappa shape index (κ2) is 6.55. The molecule has 0 fully saturated rings. The van der Waals surface area contributed by atoms with Gasteiger partial charge in [0.2, 0.25) is 0 Å². The maximum Gasteiger partial charge on any atom is 0.0991 e. The highest BCUT2D eigenvalue weighted by Gasteiger charge is 2.07. The molecule has 0 atom stereocenters. The van der Waals surface area contributed by atoms with Gasteiger partial charge in [-0.2, -0.15) is 5.26 Å². The van der Waals surface area contributed by atoms with E-state index in [4.69, 9.17) is 5.26 Å². The summed E-state index contributed by atoms with van der Waals surface area (Å²) in [6.45, 7) is 0. The van der Waals surface area contributed by atoms with E-state index in [1.165, 1.54) is 21.9 Å². The van der Waals surface area contributed by atoms with Crippen LogP contribution in [0.4, 0.5) is 0 Å². The molecule has 0 aliphatic carbocycles. The van der Waals surface area contributed by atoms with Gasteiger partial charge in [0, 0.05) is 4.47 Å². The fourth-order valence-corrected chi connectivity index (χ4v) is 3.76. The van der Waals surface area contributed by atoms with Crippen LogP contribution in [0.2, 0.25) is 0 Å². The van der Waals surface area contributed by atoms with Gasteiger partial charge in [0.15, 0.2) is 0 Å². The average molecular weight is 384 g/mol. The molecule has 0 aliphatic rings. The molecular formula is C23H14BrN. The van der Waals surface area contributed by atoms with E-state index in [0.717, 1.165) is 15.6 Å². The average Bonchev–Trinajstić information content (AvgIpc) is 2.69. The summed E-state index contributed by atoms with van der Waals surface area (Å²) in [5, 5.41) is 11.4. The minimum Gasteiger partial charge on any atom is -0.192 e. The number of halogens is 1. The van der Waals surface area contributed by atoms with Gasteiger partial charge in [-0.05, 0) is 61.1 Å². The monoisotopic (exact) mass is 383 g/mol. The van der Waals surface area contributed by atoms with Gasteiger partial charge in [0.05, 0.1) is 11.6 Å². The van der Waals surface area contributed by atoms with Crippen molar-refractivity contribution in [1.82, 2.24) is 0 Å². The molecule has 0 saturated heterocycles. The molecule has 0 radical (unpaired) electrons. The van der Waals surface area contributed by atoms with E-state index in [2.05, 4.69) is 82.7 Å². The Hall–Kier alpha value is -2.89. The van der Waals surface area contributed by atoms with Gasteiger partial charge in [-0.3, -0.25) is 0 Å². The first-order chi connectivity index (χ1) is 12.3. The predicted molar refractivity (Wildman–Crippen MR) is 107 cm³/mol. The van der Waals surface area contributed by atoms with Crippen LogP contribution in [-0.4, -0.2) is 0 Å². The van der Waals surface area contributed by atoms with E-state index in [0.29, 0.717) is 5.56 Å². The van der Waals surface area contributed by atoms with Crippen molar-refractivity contribution in [2.24, 2.45) is 0 Å². The van der Waals surface area contributed by atoms with Crippen LogP contribution in [0.3, 0.4) is 0 Å². The zero-order valence-corrected chi connectivity index (χ0v) is 15.0. The molecule has 0 spiro atoms. The Morgan fingerprint density at radius 2 is 1.24 bits per heavy atom. The zero-order chi connectivity index (χ0) is 17.2. The molecule has 4 aromatic rings. The highest BCUT2D eigenvalue weighted by molar-refractivity contribution is 9.10. The lowest BCUT2D eigenvalue weighted by molar-refractivity contribution is 1.48. The number of nitrogens with zero attached hydrogens (tertiary/aromatic N) is 1. The fourth-order valence-electron chi connectivity index (χ4n) is 3.04. The quantitative estimate of drug-likeness (QED) is 0.373. The van der Waals surface area contributed by atoms with Gasteiger partial charge >= 0.3 is 0 Å². The Labute approximate surface area is 155 Å². The molecule has 0 saturated carbocycles. The molecule has 0 unspecified atom stereocenters. The van der Waals surface area contributed by atoms with Crippen molar-refractivity contribution in [2.45, 2.75) is 0 Å². The molecule has 25 heavy (non-hydrogen) atoms. The third kappa shape index (κ3) is 2.95. The van der Waals surface area contributed by atoms with Crippen molar-refractivity contribution in [1.29, 1.82) is 5.26 Å². The summed E-state index contributed by atoms with van der Waals surface area (Å²) in [4.78, 5) is 0. The second-order valence-corrected chi connectivity index (χ2v) is 6.71. The molecule has 1 nitrogen and oxygen atoms in total. The molecular weight excluding hydrogens is 370 g/mol. The Kier molecular flexibility index (Phi) is 4.09. The summed E-state index contributed by atoms with van der Waals surface area (Å²) in [7, 11) is 0. The first kappa shape index (κ1) is 15.6. The number of nitriles is 1. The maximum absolute atomic E-state index is 8.91. The number of hydrogen-bond acceptors (Lipinski definition) is 1. The first-order valence-electron chi connectivity index (χ1n) is 8.04. The molecule has 0 N–H and O–H groups in total. The third-order valence-electron chi connectivity index (χ3n) is 4.41. The van der Waals surface area contributed by atoms with Crippen molar-refractivity contribution in [3.05, 3.63) is 95.0 Å². The molecule has 0 heterocycles. The highest BCUT2D eigenvalue weighted by atomic mass is 79.9. The van der Waals surface area contributed by atoms with Crippen LogP contribution < -0.4 is 0 Å². The number of rotatable bonds is 2. The van der Waals surface area contributed by atoms with Gasteiger partial charge in [-0.25, -0.2) is 0 Å². The molecule has 4 rings (SSSR count). The summed E-state index contributed by atoms with van der Waals surface area (Å²) < 4.78 is 1.12. The minimum absolute atomic E-state index is 0.681. The number of benzene rings is 4. The summed E-state index contributed by atoms with van der Waals surface area (Å²) >= 11 is 3.77. The van der Waals surface area contributed by atoms with Crippen molar-refractivity contribution >= 4 is 26.7 Å². The minimum atomic E-state index is 0.681. The van der Waals surface area contributed by atoms with Crippen LogP contribution in [0, 0.1) is 11.3 Å². The van der Waals surface area contributed by atoms with Gasteiger partial charge in [-0.15, -0.1) is 0 Å². The third-order valence-corrected chi connectivity index (χ3v) is 5.26. The summed E-state index contributed by atoms with van der Waals surface area (Å²) in [6, 6.07) is 31.0. The molecule has 118 valence electrons. The van der Waals surface area contributed by atoms with Crippen molar-refractivity contribution in [3.63, 3.8) is 0 Å².